The van der Waals surface area contributed by atoms with Crippen LogP contribution < -0.4 is 10.2 Å². The molecule has 0 bridgehead atoms. The van der Waals surface area contributed by atoms with Crippen LogP contribution in [0.1, 0.15) is 5.56 Å². The van der Waals surface area contributed by atoms with Gasteiger partial charge in [0.2, 0.25) is 0 Å². The average molecular weight is 588 g/mol. The third kappa shape index (κ3) is 4.67. The number of halogens is 1. The Hall–Kier alpha value is -5.01. The number of para-hydroxylation sites is 1. The van der Waals surface area contributed by atoms with Crippen molar-refractivity contribution in [2.45, 2.75) is 0 Å². The van der Waals surface area contributed by atoms with Crippen molar-refractivity contribution >= 4 is 45.5 Å². The van der Waals surface area contributed by atoms with Crippen LogP contribution in [-0.2, 0) is 9.59 Å². The summed E-state index contributed by atoms with van der Waals surface area (Å²) in [6, 6.07) is 37.6. The molecule has 1 aliphatic heterocycles. The molecule has 0 saturated carbocycles. The molecule has 1 saturated heterocycles. The summed E-state index contributed by atoms with van der Waals surface area (Å²) in [6.45, 7) is 0. The van der Waals surface area contributed by atoms with E-state index in [9.17, 15) is 14.4 Å². The number of anilines is 1. The summed E-state index contributed by atoms with van der Waals surface area (Å²) < 4.78 is 2.93. The summed E-state index contributed by atoms with van der Waals surface area (Å²) in [5, 5.41) is 2.33. The van der Waals surface area contributed by atoms with Crippen molar-refractivity contribution in [3.8, 4) is 28.2 Å². The van der Waals surface area contributed by atoms with E-state index < -0.39 is 17.8 Å². The molecule has 0 radical (unpaired) electrons. The van der Waals surface area contributed by atoms with E-state index in [-0.39, 0.29) is 5.57 Å². The van der Waals surface area contributed by atoms with Gasteiger partial charge in [-0.15, -0.1) is 0 Å². The van der Waals surface area contributed by atoms with E-state index in [0.29, 0.717) is 11.3 Å². The van der Waals surface area contributed by atoms with Gasteiger partial charge in [0.15, 0.2) is 0 Å². The maximum absolute atomic E-state index is 13.7. The highest BCUT2D eigenvalue weighted by Crippen LogP contribution is 2.37. The number of imide groups is 2. The highest BCUT2D eigenvalue weighted by atomic mass is 79.9. The Morgan fingerprint density at radius 2 is 1.23 bits per heavy atom. The predicted octanol–water partition coefficient (Wildman–Crippen LogP) is 7.24. The fourth-order valence-corrected chi connectivity index (χ4v) is 5.10. The highest BCUT2D eigenvalue weighted by molar-refractivity contribution is 9.10. The van der Waals surface area contributed by atoms with Crippen LogP contribution in [0.2, 0.25) is 0 Å². The Balaban J connectivity index is 1.59. The van der Waals surface area contributed by atoms with Gasteiger partial charge in [-0.05, 0) is 59.7 Å². The van der Waals surface area contributed by atoms with Crippen molar-refractivity contribution in [1.29, 1.82) is 0 Å². The topological polar surface area (TPSA) is 71.4 Å². The van der Waals surface area contributed by atoms with Crippen molar-refractivity contribution in [2.24, 2.45) is 0 Å². The van der Waals surface area contributed by atoms with Crippen molar-refractivity contribution < 1.29 is 14.4 Å². The number of nitrogens with one attached hydrogen (secondary N) is 1. The summed E-state index contributed by atoms with van der Waals surface area (Å²) in [7, 11) is 0. The SMILES string of the molecule is O=C1NC(=O)N(c2ccc(Br)cc2)C(=O)/C1=C\c1cc(-c2ccccc2)n(-c2ccccc2)c1-c1ccccc1. The zero-order valence-corrected chi connectivity index (χ0v) is 22.7. The molecule has 1 fully saturated rings. The van der Waals surface area contributed by atoms with E-state index >= 15 is 0 Å². The number of rotatable bonds is 5. The van der Waals surface area contributed by atoms with Gasteiger partial charge in [0.05, 0.1) is 17.1 Å². The molecular formula is C33H22BrN3O3. The molecular weight excluding hydrogens is 566 g/mol. The van der Waals surface area contributed by atoms with Crippen LogP contribution in [0.15, 0.2) is 131 Å². The number of carbonyl (C=O) groups is 3. The van der Waals surface area contributed by atoms with Crippen LogP contribution in [-0.4, -0.2) is 22.4 Å². The van der Waals surface area contributed by atoms with Gasteiger partial charge in [0, 0.05) is 15.7 Å². The number of benzene rings is 4. The van der Waals surface area contributed by atoms with Crippen LogP contribution in [0.4, 0.5) is 10.5 Å². The molecule has 6 rings (SSSR count). The molecule has 4 aromatic carbocycles. The van der Waals surface area contributed by atoms with Gasteiger partial charge in [-0.3, -0.25) is 14.9 Å². The van der Waals surface area contributed by atoms with Gasteiger partial charge in [0.25, 0.3) is 11.8 Å². The highest BCUT2D eigenvalue weighted by Gasteiger charge is 2.37. The molecule has 4 amide bonds. The molecule has 0 atom stereocenters. The third-order valence-corrected chi connectivity index (χ3v) is 7.18. The molecule has 0 spiro atoms. The minimum absolute atomic E-state index is 0.135. The lowest BCUT2D eigenvalue weighted by molar-refractivity contribution is -0.122. The van der Waals surface area contributed by atoms with Crippen molar-refractivity contribution in [2.75, 3.05) is 4.90 Å². The van der Waals surface area contributed by atoms with Crippen molar-refractivity contribution in [3.63, 3.8) is 0 Å². The molecule has 194 valence electrons. The minimum atomic E-state index is -0.787. The normalized spacial score (nSPS) is 14.5. The number of carbonyl (C=O) groups excluding carboxylic acids is 3. The molecule has 2 heterocycles. The second-order valence-electron chi connectivity index (χ2n) is 9.17. The van der Waals surface area contributed by atoms with Crippen LogP contribution >= 0.6 is 15.9 Å². The Labute approximate surface area is 239 Å². The van der Waals surface area contributed by atoms with E-state index in [4.69, 9.17) is 0 Å². The average Bonchev–Trinajstić information content (AvgIpc) is 3.37. The summed E-state index contributed by atoms with van der Waals surface area (Å²) >= 11 is 3.37. The number of hydrogen-bond acceptors (Lipinski definition) is 3. The number of hydrogen-bond donors (Lipinski definition) is 1. The molecule has 40 heavy (non-hydrogen) atoms. The third-order valence-electron chi connectivity index (χ3n) is 6.65. The van der Waals surface area contributed by atoms with Crippen LogP contribution in [0, 0.1) is 0 Å². The zero-order valence-electron chi connectivity index (χ0n) is 21.1. The molecule has 7 heteroatoms. The fraction of sp³-hybridized carbons (Fsp3) is 0. The lowest BCUT2D eigenvalue weighted by atomic mass is 10.0. The Kier molecular flexibility index (Phi) is 6.72. The van der Waals surface area contributed by atoms with Crippen LogP contribution in [0.3, 0.4) is 0 Å². The van der Waals surface area contributed by atoms with Gasteiger partial charge < -0.3 is 4.57 Å². The standard InChI is InChI=1S/C33H22BrN3O3/c34-25-16-18-27(19-17-25)37-32(39)28(31(38)35-33(37)40)20-24-21-29(22-10-4-1-5-11-22)36(26-14-8-3-9-15-26)30(24)23-12-6-2-7-13-23/h1-21H,(H,35,38,40)/b28-20-. The first-order chi connectivity index (χ1) is 19.5. The van der Waals surface area contributed by atoms with Crippen LogP contribution in [0.25, 0.3) is 34.3 Å². The Bertz CT molecular complexity index is 1760. The van der Waals surface area contributed by atoms with Crippen LogP contribution in [0.5, 0.6) is 0 Å². The number of aromatic nitrogens is 1. The van der Waals surface area contributed by atoms with Gasteiger partial charge in [-0.1, -0.05) is 94.8 Å². The van der Waals surface area contributed by atoms with E-state index in [0.717, 1.165) is 37.6 Å². The molecule has 6 nitrogen and oxygen atoms in total. The summed E-state index contributed by atoms with van der Waals surface area (Å²) in [5.41, 5.74) is 5.40. The van der Waals surface area contributed by atoms with Gasteiger partial charge in [-0.25, -0.2) is 9.69 Å². The quantitative estimate of drug-likeness (QED) is 0.174. The molecule has 1 aliphatic rings. The lowest BCUT2D eigenvalue weighted by Crippen LogP contribution is -2.54. The number of amides is 4. The first kappa shape index (κ1) is 25.3. The second-order valence-corrected chi connectivity index (χ2v) is 10.1. The second kappa shape index (κ2) is 10.6. The summed E-state index contributed by atoms with van der Waals surface area (Å²) in [4.78, 5) is 40.5. The van der Waals surface area contributed by atoms with Crippen molar-refractivity contribution in [3.05, 3.63) is 137 Å². The van der Waals surface area contributed by atoms with E-state index in [1.54, 1.807) is 30.3 Å². The fourth-order valence-electron chi connectivity index (χ4n) is 4.84. The monoisotopic (exact) mass is 587 g/mol. The molecule has 1 aromatic heterocycles. The Morgan fingerprint density at radius 3 is 1.85 bits per heavy atom. The minimum Gasteiger partial charge on any atom is -0.309 e. The van der Waals surface area contributed by atoms with E-state index in [1.165, 1.54) is 0 Å². The van der Waals surface area contributed by atoms with E-state index in [2.05, 4.69) is 25.8 Å². The molecule has 5 aromatic rings. The number of nitrogens with zero attached hydrogens (tertiary/aromatic N) is 2. The summed E-state index contributed by atoms with van der Waals surface area (Å²) in [6.07, 6.45) is 1.57. The molecule has 1 N–H and O–H groups in total. The maximum atomic E-state index is 13.7. The summed E-state index contributed by atoms with van der Waals surface area (Å²) in [5.74, 6) is -1.43. The molecule has 0 unspecified atom stereocenters. The lowest BCUT2D eigenvalue weighted by Gasteiger charge is -2.26. The van der Waals surface area contributed by atoms with Gasteiger partial charge >= 0.3 is 6.03 Å². The Morgan fingerprint density at radius 1 is 0.650 bits per heavy atom. The smallest absolute Gasteiger partial charge is 0.309 e. The number of urea groups is 1. The van der Waals surface area contributed by atoms with Gasteiger partial charge in [0.1, 0.15) is 5.57 Å². The number of barbiturate groups is 1. The molecule has 0 aliphatic carbocycles. The van der Waals surface area contributed by atoms with Crippen molar-refractivity contribution in [1.82, 2.24) is 9.88 Å². The largest absolute Gasteiger partial charge is 0.335 e. The van der Waals surface area contributed by atoms with Gasteiger partial charge in [-0.2, -0.15) is 0 Å². The zero-order chi connectivity index (χ0) is 27.6. The first-order valence-electron chi connectivity index (χ1n) is 12.6. The maximum Gasteiger partial charge on any atom is 0.335 e. The first-order valence-corrected chi connectivity index (χ1v) is 13.4. The van der Waals surface area contributed by atoms with E-state index in [1.807, 2.05) is 97.1 Å². The predicted molar refractivity (Wildman–Crippen MR) is 160 cm³/mol.